The fourth-order valence-electron chi connectivity index (χ4n) is 12.5. The summed E-state index contributed by atoms with van der Waals surface area (Å²) in [5, 5.41) is 22.8. The van der Waals surface area contributed by atoms with Crippen LogP contribution in [0.5, 0.6) is 0 Å². The number of carbonyl (C=O) groups excluding carboxylic acids is 2. The predicted molar refractivity (Wildman–Crippen MR) is 221 cm³/mol. The number of Topliss-reactive ketones (excluding diaryl/α,β-unsaturated/α-hetero) is 1. The zero-order chi connectivity index (χ0) is 42.6. The van der Waals surface area contributed by atoms with Crippen LogP contribution in [0.4, 0.5) is 22.0 Å². The highest BCUT2D eigenvalue weighted by atomic mass is 19.4. The molecule has 6 atom stereocenters. The van der Waals surface area contributed by atoms with Gasteiger partial charge in [0.25, 0.3) is 0 Å². The lowest BCUT2D eigenvalue weighted by Gasteiger charge is -2.57. The SMILES string of the molecule is C=Cc1ccc([C@H]2C[C@@]3(C)[C@@H](CC[C@@]3(O)C(F)(F)C(F)(F)F)[C@@H]3CC[C@@]4(O)CC(=O)CCC4=C32)cc1.CCCCCCCCCCCCCCC1(C=O)CC(C)(C)C1. The van der Waals surface area contributed by atoms with E-state index in [4.69, 9.17) is 0 Å². The first-order chi connectivity index (χ1) is 27.2. The van der Waals surface area contributed by atoms with E-state index in [1.54, 1.807) is 6.08 Å². The van der Waals surface area contributed by atoms with Crippen LogP contribution in [0, 0.1) is 28.1 Å². The molecule has 0 aromatic heterocycles. The van der Waals surface area contributed by atoms with Gasteiger partial charge in [-0.05, 0) is 91.7 Å². The summed E-state index contributed by atoms with van der Waals surface area (Å²) in [5.74, 6) is -6.80. The molecular formula is C49H71F5O4. The van der Waals surface area contributed by atoms with Crippen molar-refractivity contribution < 1.29 is 41.8 Å². The summed E-state index contributed by atoms with van der Waals surface area (Å²) in [4.78, 5) is 23.5. The number of ketones is 1. The lowest BCUT2D eigenvalue weighted by Crippen LogP contribution is -2.65. The molecular weight excluding hydrogens is 748 g/mol. The quantitative estimate of drug-likeness (QED) is 0.0711. The fraction of sp³-hybridized carbons (Fsp3) is 0.755. The molecule has 9 heteroatoms. The van der Waals surface area contributed by atoms with E-state index in [-0.39, 0.29) is 49.2 Å². The van der Waals surface area contributed by atoms with E-state index in [9.17, 15) is 41.8 Å². The molecule has 0 aliphatic heterocycles. The van der Waals surface area contributed by atoms with Crippen LogP contribution < -0.4 is 0 Å². The summed E-state index contributed by atoms with van der Waals surface area (Å²) in [6, 6.07) is 7.24. The third-order valence-electron chi connectivity index (χ3n) is 15.3. The average Bonchev–Trinajstić information content (AvgIpc) is 3.44. The maximum absolute atomic E-state index is 15.0. The number of hydrogen-bond acceptors (Lipinski definition) is 4. The molecule has 4 saturated carbocycles. The van der Waals surface area contributed by atoms with E-state index in [0.29, 0.717) is 18.3 Å². The fourth-order valence-corrected chi connectivity index (χ4v) is 12.5. The number of aliphatic hydroxyl groups is 2. The van der Waals surface area contributed by atoms with Gasteiger partial charge in [-0.1, -0.05) is 147 Å². The number of rotatable bonds is 17. The van der Waals surface area contributed by atoms with E-state index >= 15 is 0 Å². The molecule has 0 radical (unpaired) electrons. The van der Waals surface area contributed by atoms with Gasteiger partial charge in [0.05, 0.1) is 5.60 Å². The van der Waals surface area contributed by atoms with Crippen LogP contribution in [0.3, 0.4) is 0 Å². The largest absolute Gasteiger partial charge is 0.456 e. The van der Waals surface area contributed by atoms with Crippen molar-refractivity contribution in [2.75, 3.05) is 0 Å². The van der Waals surface area contributed by atoms with Crippen LogP contribution in [-0.2, 0) is 9.59 Å². The Morgan fingerprint density at radius 2 is 1.38 bits per heavy atom. The zero-order valence-corrected chi connectivity index (χ0v) is 35.8. The number of halogens is 5. The third kappa shape index (κ3) is 9.40. The third-order valence-corrected chi connectivity index (χ3v) is 15.3. The number of unbranched alkanes of at least 4 members (excludes halogenated alkanes) is 11. The molecule has 1 aromatic carbocycles. The van der Waals surface area contributed by atoms with E-state index in [0.717, 1.165) is 41.5 Å². The molecule has 0 heterocycles. The molecule has 0 unspecified atom stereocenters. The molecule has 0 saturated heterocycles. The van der Waals surface area contributed by atoms with Crippen molar-refractivity contribution >= 4 is 18.1 Å². The Morgan fingerprint density at radius 1 is 0.810 bits per heavy atom. The van der Waals surface area contributed by atoms with Gasteiger partial charge in [0.1, 0.15) is 17.7 Å². The summed E-state index contributed by atoms with van der Waals surface area (Å²) in [7, 11) is 0. The van der Waals surface area contributed by atoms with Gasteiger partial charge >= 0.3 is 12.1 Å². The van der Waals surface area contributed by atoms with Crippen molar-refractivity contribution in [1.82, 2.24) is 0 Å². The molecule has 5 aliphatic carbocycles. The van der Waals surface area contributed by atoms with Gasteiger partial charge in [0.15, 0.2) is 0 Å². The van der Waals surface area contributed by atoms with Gasteiger partial charge < -0.3 is 15.0 Å². The number of aldehydes is 1. The summed E-state index contributed by atoms with van der Waals surface area (Å²) in [6.45, 7) is 12.0. The molecule has 0 bridgehead atoms. The molecule has 326 valence electrons. The van der Waals surface area contributed by atoms with Crippen molar-refractivity contribution in [2.24, 2.45) is 28.1 Å². The lowest BCUT2D eigenvalue weighted by atomic mass is 9.49. The first-order valence-electron chi connectivity index (χ1n) is 22.6. The Bertz CT molecular complexity index is 1600. The highest BCUT2D eigenvalue weighted by Crippen LogP contribution is 2.71. The molecule has 4 fully saturated rings. The summed E-state index contributed by atoms with van der Waals surface area (Å²) < 4.78 is 70.8. The summed E-state index contributed by atoms with van der Waals surface area (Å²) in [5.41, 5.74) is -2.59. The Labute approximate surface area is 344 Å². The number of alkyl halides is 5. The molecule has 0 amide bonds. The van der Waals surface area contributed by atoms with Gasteiger partial charge in [-0.15, -0.1) is 0 Å². The van der Waals surface area contributed by atoms with Crippen LogP contribution in [0.15, 0.2) is 42.0 Å². The van der Waals surface area contributed by atoms with Crippen molar-refractivity contribution in [2.45, 2.75) is 205 Å². The number of carbonyl (C=O) groups is 2. The van der Waals surface area contributed by atoms with E-state index in [2.05, 4.69) is 27.4 Å². The Balaban J connectivity index is 0.000000251. The second-order valence-corrected chi connectivity index (χ2v) is 20.1. The zero-order valence-electron chi connectivity index (χ0n) is 35.8. The van der Waals surface area contributed by atoms with Crippen molar-refractivity contribution in [1.29, 1.82) is 0 Å². The van der Waals surface area contributed by atoms with Gasteiger partial charge in [-0.3, -0.25) is 4.79 Å². The highest BCUT2D eigenvalue weighted by Gasteiger charge is 2.79. The summed E-state index contributed by atoms with van der Waals surface area (Å²) in [6.07, 6.45) is 17.7. The number of allylic oxidation sites excluding steroid dienone is 1. The van der Waals surface area contributed by atoms with Crippen molar-refractivity contribution in [3.8, 4) is 0 Å². The van der Waals surface area contributed by atoms with Crippen LogP contribution in [-0.4, -0.2) is 45.6 Å². The maximum atomic E-state index is 15.0. The topological polar surface area (TPSA) is 74.6 Å². The molecule has 0 spiro atoms. The molecule has 2 N–H and O–H groups in total. The van der Waals surface area contributed by atoms with E-state index in [1.807, 2.05) is 24.3 Å². The van der Waals surface area contributed by atoms with E-state index < -0.39 is 47.0 Å². The molecule has 1 aromatic rings. The number of benzene rings is 1. The van der Waals surface area contributed by atoms with Crippen LogP contribution in [0.25, 0.3) is 6.08 Å². The minimum Gasteiger partial charge on any atom is -0.385 e. The maximum Gasteiger partial charge on any atom is 0.456 e. The van der Waals surface area contributed by atoms with Crippen molar-refractivity contribution in [3.05, 3.63) is 53.1 Å². The first kappa shape index (κ1) is 46.7. The van der Waals surface area contributed by atoms with Gasteiger partial charge in [-0.2, -0.15) is 22.0 Å². The molecule has 5 aliphatic rings. The van der Waals surface area contributed by atoms with Crippen LogP contribution in [0.2, 0.25) is 0 Å². The van der Waals surface area contributed by atoms with Gasteiger partial charge in [0, 0.05) is 29.6 Å². The average molecular weight is 819 g/mol. The summed E-state index contributed by atoms with van der Waals surface area (Å²) >= 11 is 0. The van der Waals surface area contributed by atoms with Crippen LogP contribution >= 0.6 is 0 Å². The standard InChI is InChI=1S/C28H31F5O3.C21H40O/c1-3-16-4-6-17(7-5-16)20-15-24(2)21(11-13-26(24,36)27(29,30)28(31,32)33)19-10-12-25(35)14-18(34)8-9-22(25)23(19)20;1-4-5-6-7-8-9-10-11-12-13-14-15-16-21(19-22)17-20(2,3)18-21/h3-7,19-21,35-36H,1,8-15H2,2H3;19H,4-18H2,1-3H3/t19-,20+,21-,24-,25+,26-;/m0./s1. The molecule has 4 nitrogen and oxygen atoms in total. The minimum absolute atomic E-state index is 0.00130. The highest BCUT2D eigenvalue weighted by molar-refractivity contribution is 5.82. The van der Waals surface area contributed by atoms with Gasteiger partial charge in [0.2, 0.25) is 0 Å². The monoisotopic (exact) mass is 819 g/mol. The Kier molecular flexibility index (Phi) is 14.7. The second-order valence-electron chi connectivity index (χ2n) is 20.1. The van der Waals surface area contributed by atoms with Gasteiger partial charge in [-0.25, -0.2) is 0 Å². The Hall–Kier alpha value is -2.39. The molecule has 6 rings (SSSR count). The predicted octanol–water partition coefficient (Wildman–Crippen LogP) is 13.4. The number of fused-ring (bicyclic) bond motifs is 4. The smallest absolute Gasteiger partial charge is 0.385 e. The van der Waals surface area contributed by atoms with E-state index in [1.165, 1.54) is 90.3 Å². The Morgan fingerprint density at radius 3 is 1.90 bits per heavy atom. The normalized spacial score (nSPS) is 31.3. The minimum atomic E-state index is -5.88. The molecule has 58 heavy (non-hydrogen) atoms. The van der Waals surface area contributed by atoms with Crippen LogP contribution in [0.1, 0.15) is 192 Å². The van der Waals surface area contributed by atoms with Crippen molar-refractivity contribution in [3.63, 3.8) is 0 Å². The second kappa shape index (κ2) is 18.3. The number of hydrogen-bond donors (Lipinski definition) is 2. The first-order valence-corrected chi connectivity index (χ1v) is 22.6. The lowest BCUT2D eigenvalue weighted by molar-refractivity contribution is -0.362.